The molecule has 3 unspecified atom stereocenters. The van der Waals surface area contributed by atoms with E-state index in [1.54, 1.807) is 18.0 Å². The molecule has 0 aliphatic heterocycles. The average molecular weight is 533 g/mol. The van der Waals surface area contributed by atoms with Gasteiger partial charge in [-0.2, -0.15) is 17.1 Å². The Morgan fingerprint density at radius 3 is 2.61 bits per heavy atom. The topological polar surface area (TPSA) is 77.9 Å². The Morgan fingerprint density at radius 1 is 1.32 bits per heavy atom. The van der Waals surface area contributed by atoms with Crippen LogP contribution in [-0.2, 0) is 32.7 Å². The van der Waals surface area contributed by atoms with Gasteiger partial charge in [0.15, 0.2) is 0 Å². The van der Waals surface area contributed by atoms with E-state index in [-0.39, 0.29) is 57.2 Å². The number of nitrogens with zero attached hydrogens (tertiary/aromatic N) is 2. The normalized spacial score (nSPS) is 27.7. The number of hydrogen-bond donors (Lipinski definition) is 3. The minimum Gasteiger partial charge on any atom is -0.396 e. The molecule has 2 saturated carbocycles. The van der Waals surface area contributed by atoms with Gasteiger partial charge in [-0.15, -0.1) is 0 Å². The molecular weight excluding hydrogens is 505 g/mol. The SMILES string of the molecule is [C-]#[N+][C@@H]1C[C@@H](O)C(c2ccc(C(O)C3(CO)CCC3)cc2)C1CCSc1nc[c-]s1.[Y]. The molecule has 2 aliphatic carbocycles. The molecule has 0 amide bonds. The molecule has 0 saturated heterocycles. The van der Waals surface area contributed by atoms with Crippen molar-refractivity contribution < 1.29 is 48.0 Å². The Hall–Kier alpha value is -0.326. The maximum absolute atomic E-state index is 10.8. The summed E-state index contributed by atoms with van der Waals surface area (Å²) in [5.74, 6) is 0.881. The first-order valence-electron chi connectivity index (χ1n) is 10.5. The number of aliphatic hydroxyl groups excluding tert-OH is 3. The Bertz CT molecular complexity index is 862. The minimum atomic E-state index is -0.669. The maximum Gasteiger partial charge on any atom is 0.229 e. The number of hydrogen-bond acceptors (Lipinski definition) is 6. The van der Waals surface area contributed by atoms with Crippen molar-refractivity contribution in [3.8, 4) is 0 Å². The largest absolute Gasteiger partial charge is 0.396 e. The van der Waals surface area contributed by atoms with Crippen LogP contribution < -0.4 is 0 Å². The van der Waals surface area contributed by atoms with Gasteiger partial charge in [0.2, 0.25) is 6.04 Å². The first-order chi connectivity index (χ1) is 14.6. The van der Waals surface area contributed by atoms with E-state index >= 15 is 0 Å². The summed E-state index contributed by atoms with van der Waals surface area (Å²) >= 11 is 3.18. The van der Waals surface area contributed by atoms with Gasteiger partial charge in [0.25, 0.3) is 0 Å². The van der Waals surface area contributed by atoms with Gasteiger partial charge >= 0.3 is 0 Å². The summed E-state index contributed by atoms with van der Waals surface area (Å²) in [5, 5.41) is 34.3. The van der Waals surface area contributed by atoms with Gasteiger partial charge in [-0.1, -0.05) is 36.9 Å². The van der Waals surface area contributed by atoms with Gasteiger partial charge in [-0.25, -0.2) is 6.57 Å². The number of aliphatic hydroxyl groups is 3. The van der Waals surface area contributed by atoms with Crippen molar-refractivity contribution >= 4 is 23.1 Å². The fourth-order valence-electron chi connectivity index (χ4n) is 5.02. The van der Waals surface area contributed by atoms with E-state index in [0.717, 1.165) is 46.9 Å². The molecule has 8 heteroatoms. The van der Waals surface area contributed by atoms with E-state index in [9.17, 15) is 15.3 Å². The Labute approximate surface area is 217 Å². The Balaban J connectivity index is 0.00000272. The zero-order valence-electron chi connectivity index (χ0n) is 17.4. The van der Waals surface area contributed by atoms with Crippen LogP contribution in [0.25, 0.3) is 4.85 Å². The van der Waals surface area contributed by atoms with Crippen molar-refractivity contribution in [1.29, 1.82) is 0 Å². The molecule has 31 heavy (non-hydrogen) atoms. The number of aromatic nitrogens is 1. The van der Waals surface area contributed by atoms with Crippen molar-refractivity contribution in [3.63, 3.8) is 0 Å². The smallest absolute Gasteiger partial charge is 0.229 e. The molecule has 1 heterocycles. The fraction of sp³-hybridized carbons (Fsp3) is 0.565. The fourth-order valence-corrected chi connectivity index (χ4v) is 6.65. The number of rotatable bonds is 8. The second-order valence-corrected chi connectivity index (χ2v) is 10.7. The van der Waals surface area contributed by atoms with E-state index in [1.165, 1.54) is 11.3 Å². The summed E-state index contributed by atoms with van der Waals surface area (Å²) in [6.07, 6.45) is 4.56. The van der Waals surface area contributed by atoms with Gasteiger partial charge in [-0.3, -0.25) is 0 Å². The molecule has 1 aromatic carbocycles. The molecule has 4 rings (SSSR count). The molecule has 0 bridgehead atoms. The quantitative estimate of drug-likeness (QED) is 0.353. The molecule has 0 spiro atoms. The summed E-state index contributed by atoms with van der Waals surface area (Å²) < 4.78 is 0.983. The predicted octanol–water partition coefficient (Wildman–Crippen LogP) is 4.07. The van der Waals surface area contributed by atoms with Crippen LogP contribution in [0.1, 0.15) is 55.3 Å². The third kappa shape index (κ3) is 5.27. The molecule has 163 valence electrons. The first-order valence-corrected chi connectivity index (χ1v) is 12.3. The van der Waals surface area contributed by atoms with E-state index < -0.39 is 17.6 Å². The molecule has 2 aromatic rings. The second-order valence-electron chi connectivity index (χ2n) is 8.51. The van der Waals surface area contributed by atoms with Crippen LogP contribution in [0.3, 0.4) is 0 Å². The minimum absolute atomic E-state index is 0. The zero-order chi connectivity index (χ0) is 21.1. The monoisotopic (exact) mass is 532 g/mol. The molecule has 2 aliphatic rings. The zero-order valence-corrected chi connectivity index (χ0v) is 21.8. The summed E-state index contributed by atoms with van der Waals surface area (Å²) in [6.45, 7) is 7.59. The predicted molar refractivity (Wildman–Crippen MR) is 118 cm³/mol. The molecule has 1 aromatic heterocycles. The maximum atomic E-state index is 10.8. The number of thiazole rings is 1. The van der Waals surface area contributed by atoms with Crippen molar-refractivity contribution in [2.75, 3.05) is 12.4 Å². The van der Waals surface area contributed by atoms with Crippen LogP contribution in [0.5, 0.6) is 0 Å². The summed E-state index contributed by atoms with van der Waals surface area (Å²) in [6, 6.07) is 7.64. The van der Waals surface area contributed by atoms with E-state index in [2.05, 4.69) is 15.2 Å². The Kier molecular flexibility index (Phi) is 9.14. The number of benzene rings is 1. The van der Waals surface area contributed by atoms with Gasteiger partial charge in [0, 0.05) is 56.4 Å². The van der Waals surface area contributed by atoms with Crippen LogP contribution in [-0.4, -0.2) is 44.8 Å². The third-order valence-corrected chi connectivity index (χ3v) is 8.84. The second kappa shape index (κ2) is 11.2. The van der Waals surface area contributed by atoms with E-state index in [1.807, 2.05) is 24.3 Å². The van der Waals surface area contributed by atoms with Gasteiger partial charge in [0.05, 0.1) is 18.8 Å². The molecule has 5 atom stereocenters. The van der Waals surface area contributed by atoms with Crippen LogP contribution >= 0.6 is 23.1 Å². The van der Waals surface area contributed by atoms with Crippen LogP contribution in [0.2, 0.25) is 0 Å². The summed E-state index contributed by atoms with van der Waals surface area (Å²) in [5.41, 5.74) is 1.43. The van der Waals surface area contributed by atoms with Gasteiger partial charge in [0.1, 0.15) is 0 Å². The van der Waals surface area contributed by atoms with E-state index in [0.29, 0.717) is 6.42 Å². The van der Waals surface area contributed by atoms with Crippen molar-refractivity contribution in [2.45, 2.75) is 60.6 Å². The third-order valence-electron chi connectivity index (χ3n) is 6.95. The molecular formula is C23H27N2O3S2Y-. The van der Waals surface area contributed by atoms with Gasteiger partial charge in [-0.05, 0) is 40.5 Å². The summed E-state index contributed by atoms with van der Waals surface area (Å²) in [7, 11) is 0. The molecule has 3 N–H and O–H groups in total. The molecule has 1 radical (unpaired) electrons. The molecule has 5 nitrogen and oxygen atoms in total. The molecule has 2 fully saturated rings. The van der Waals surface area contributed by atoms with Crippen LogP contribution in [0, 0.1) is 23.3 Å². The van der Waals surface area contributed by atoms with Gasteiger partial charge < -0.3 is 36.5 Å². The average Bonchev–Trinajstić information content (AvgIpc) is 3.35. The van der Waals surface area contributed by atoms with Crippen LogP contribution in [0.15, 0.2) is 34.8 Å². The van der Waals surface area contributed by atoms with Crippen molar-refractivity contribution in [2.24, 2.45) is 11.3 Å². The van der Waals surface area contributed by atoms with Crippen LogP contribution in [0.4, 0.5) is 0 Å². The van der Waals surface area contributed by atoms with E-state index in [4.69, 9.17) is 6.57 Å². The van der Waals surface area contributed by atoms with Crippen molar-refractivity contribution in [3.05, 3.63) is 58.4 Å². The summed E-state index contributed by atoms with van der Waals surface area (Å²) in [4.78, 5) is 8.06. The van der Waals surface area contributed by atoms with Crippen molar-refractivity contribution in [1.82, 2.24) is 4.98 Å². The Morgan fingerprint density at radius 2 is 2.06 bits per heavy atom. The standard InChI is InChI=1S/C23H27N2O3S2.Y/c1-24-18-13-19(27)20(17(18)7-11-29-22-25-10-12-30-22)15-3-5-16(6-4-15)21(28)23(14-26)8-2-9-23;/h3-6,10,17-21,26-28H,2,7-9,11,13-14H2;/q-1;/t17?,18-,19-,20?,21?;/m1./s1. The number of thioether (sulfide) groups is 1. The first kappa shape index (κ1) is 25.3.